The fraction of sp³-hybridized carbons (Fsp3) is 0.250. The van der Waals surface area contributed by atoms with Crippen molar-refractivity contribution < 1.29 is 8.83 Å². The summed E-state index contributed by atoms with van der Waals surface area (Å²) in [6.45, 7) is 0. The third-order valence-corrected chi connectivity index (χ3v) is 13.4. The van der Waals surface area contributed by atoms with E-state index in [0.29, 0.717) is 11.2 Å². The number of rotatable bonds is 5. The van der Waals surface area contributed by atoms with Crippen LogP contribution >= 0.6 is 23.1 Å². The monoisotopic (exact) mass is 675 g/mol. The number of allylic oxidation sites excluding steroid dienone is 3. The van der Waals surface area contributed by atoms with E-state index in [2.05, 4.69) is 97.1 Å². The Morgan fingerprint density at radius 2 is 1.65 bits per heavy atom. The molecular formula is C44H37NO2S2. The van der Waals surface area contributed by atoms with Crippen molar-refractivity contribution in [1.29, 1.82) is 0 Å². The number of benzene rings is 3. The Morgan fingerprint density at radius 3 is 2.57 bits per heavy atom. The van der Waals surface area contributed by atoms with E-state index in [-0.39, 0.29) is 0 Å². The highest BCUT2D eigenvalue weighted by Gasteiger charge is 2.29. The lowest BCUT2D eigenvalue weighted by Crippen LogP contribution is -2.25. The Labute approximate surface area is 294 Å². The van der Waals surface area contributed by atoms with Crippen LogP contribution in [0.4, 0.5) is 5.69 Å². The fourth-order valence-electron chi connectivity index (χ4n) is 8.27. The summed E-state index contributed by atoms with van der Waals surface area (Å²) in [7, 11) is 0. The summed E-state index contributed by atoms with van der Waals surface area (Å²) in [5, 5.41) is 4.14. The quantitative estimate of drug-likeness (QED) is 0.183. The highest BCUT2D eigenvalue weighted by Crippen LogP contribution is 2.50. The molecule has 49 heavy (non-hydrogen) atoms. The zero-order chi connectivity index (χ0) is 32.3. The van der Waals surface area contributed by atoms with Crippen LogP contribution in [0.25, 0.3) is 44.6 Å². The molecule has 3 aromatic heterocycles. The lowest BCUT2D eigenvalue weighted by molar-refractivity contribution is 0.429. The minimum absolute atomic E-state index is 0.356. The Balaban J connectivity index is 0.812. The van der Waals surface area contributed by atoms with Crippen LogP contribution in [0.5, 0.6) is 0 Å². The molecule has 242 valence electrons. The minimum atomic E-state index is 0.356. The first-order valence-corrected chi connectivity index (χ1v) is 19.5. The van der Waals surface area contributed by atoms with Crippen molar-refractivity contribution >= 4 is 79.1 Å². The van der Waals surface area contributed by atoms with Gasteiger partial charge in [-0.3, -0.25) is 4.99 Å². The van der Waals surface area contributed by atoms with Crippen LogP contribution < -0.4 is 10.6 Å². The van der Waals surface area contributed by atoms with E-state index >= 15 is 0 Å². The molecule has 0 spiro atoms. The van der Waals surface area contributed by atoms with Crippen LogP contribution in [0.3, 0.4) is 0 Å². The first-order valence-electron chi connectivity index (χ1n) is 17.8. The summed E-state index contributed by atoms with van der Waals surface area (Å²) in [5.41, 5.74) is 10.9. The van der Waals surface area contributed by atoms with E-state index in [4.69, 9.17) is 13.8 Å². The number of aliphatic imine (C=N–C) groups is 1. The fourth-order valence-corrected chi connectivity index (χ4v) is 10.8. The van der Waals surface area contributed by atoms with Crippen LogP contribution in [-0.2, 0) is 6.42 Å². The van der Waals surface area contributed by atoms with Crippen LogP contribution in [-0.4, -0.2) is 5.71 Å². The molecular weight excluding hydrogens is 639 g/mol. The van der Waals surface area contributed by atoms with Crippen LogP contribution in [0.15, 0.2) is 105 Å². The first-order chi connectivity index (χ1) is 24.2. The third-order valence-electron chi connectivity index (χ3n) is 10.7. The molecule has 3 nitrogen and oxygen atoms in total. The Morgan fingerprint density at radius 1 is 0.755 bits per heavy atom. The molecule has 5 heteroatoms. The molecule has 0 bridgehead atoms. The molecule has 0 radical (unpaired) electrons. The summed E-state index contributed by atoms with van der Waals surface area (Å²) in [5.74, 6) is 1.63. The second-order valence-electron chi connectivity index (χ2n) is 13.7. The van der Waals surface area contributed by atoms with Crippen molar-refractivity contribution in [2.75, 3.05) is 0 Å². The maximum atomic E-state index is 6.49. The lowest BCUT2D eigenvalue weighted by atomic mass is 9.86. The summed E-state index contributed by atoms with van der Waals surface area (Å²) in [6, 6.07) is 28.5. The SMILES string of the molecule is C1=C(c2ccc(N=C3CC=C(c4ccc(C5CCCc6c5oc5c6=CCCC=5)s4)CC3)cc2)SC(c2cccc3c2oc2ccccc23)C1. The highest BCUT2D eigenvalue weighted by molar-refractivity contribution is 8.08. The highest BCUT2D eigenvalue weighted by atomic mass is 32.2. The van der Waals surface area contributed by atoms with Crippen molar-refractivity contribution in [1.82, 2.24) is 0 Å². The van der Waals surface area contributed by atoms with Crippen molar-refractivity contribution in [2.45, 2.75) is 69.0 Å². The number of nitrogens with zero attached hydrogens (tertiary/aromatic N) is 1. The van der Waals surface area contributed by atoms with E-state index in [9.17, 15) is 0 Å². The van der Waals surface area contributed by atoms with Gasteiger partial charge in [0.15, 0.2) is 0 Å². The van der Waals surface area contributed by atoms with Crippen molar-refractivity contribution in [3.05, 3.63) is 134 Å². The van der Waals surface area contributed by atoms with Gasteiger partial charge >= 0.3 is 0 Å². The average molecular weight is 676 g/mol. The van der Waals surface area contributed by atoms with Gasteiger partial charge in [0.2, 0.25) is 0 Å². The van der Waals surface area contributed by atoms with Gasteiger partial charge in [0, 0.05) is 59.2 Å². The molecule has 4 aliphatic rings. The number of fused-ring (bicyclic) bond motifs is 6. The Kier molecular flexibility index (Phi) is 7.38. The number of para-hydroxylation sites is 2. The van der Waals surface area contributed by atoms with E-state index in [1.807, 2.05) is 29.2 Å². The van der Waals surface area contributed by atoms with Gasteiger partial charge in [0.1, 0.15) is 22.3 Å². The van der Waals surface area contributed by atoms with Gasteiger partial charge in [-0.2, -0.15) is 0 Å². The summed E-state index contributed by atoms with van der Waals surface area (Å²) in [4.78, 5) is 9.29. The number of hydrogen-bond donors (Lipinski definition) is 0. The maximum Gasteiger partial charge on any atom is 0.139 e. The second kappa shape index (κ2) is 12.2. The van der Waals surface area contributed by atoms with Gasteiger partial charge in [0.25, 0.3) is 0 Å². The number of thiophene rings is 1. The van der Waals surface area contributed by atoms with Crippen molar-refractivity contribution in [3.63, 3.8) is 0 Å². The second-order valence-corrected chi connectivity index (χ2v) is 16.1. The van der Waals surface area contributed by atoms with Gasteiger partial charge in [-0.1, -0.05) is 66.8 Å². The number of furan rings is 2. The average Bonchev–Trinajstić information content (AvgIpc) is 3.97. The van der Waals surface area contributed by atoms with E-state index in [1.54, 1.807) is 0 Å². The van der Waals surface area contributed by atoms with Crippen molar-refractivity contribution in [2.24, 2.45) is 4.99 Å². The van der Waals surface area contributed by atoms with E-state index in [0.717, 1.165) is 67.2 Å². The zero-order valence-corrected chi connectivity index (χ0v) is 29.0. The largest absolute Gasteiger partial charge is 0.460 e. The lowest BCUT2D eigenvalue weighted by Gasteiger charge is -2.20. The molecule has 0 N–H and O–H groups in total. The molecule has 0 saturated carbocycles. The smallest absolute Gasteiger partial charge is 0.139 e. The van der Waals surface area contributed by atoms with Crippen molar-refractivity contribution in [3.8, 4) is 0 Å². The molecule has 2 atom stereocenters. The summed E-state index contributed by atoms with van der Waals surface area (Å²) < 4.78 is 12.8. The summed E-state index contributed by atoms with van der Waals surface area (Å²) in [6.07, 6.45) is 19.3. The Hall–Kier alpha value is -4.32. The maximum absolute atomic E-state index is 6.49. The minimum Gasteiger partial charge on any atom is -0.460 e. The van der Waals surface area contributed by atoms with Gasteiger partial charge in [0.05, 0.1) is 11.6 Å². The predicted octanol–water partition coefficient (Wildman–Crippen LogP) is 11.6. The molecule has 2 unspecified atom stereocenters. The molecule has 3 aromatic carbocycles. The molecule has 0 fully saturated rings. The van der Waals surface area contributed by atoms with E-state index in [1.165, 1.54) is 77.2 Å². The predicted molar refractivity (Wildman–Crippen MR) is 207 cm³/mol. The van der Waals surface area contributed by atoms with Crippen LogP contribution in [0.2, 0.25) is 0 Å². The summed E-state index contributed by atoms with van der Waals surface area (Å²) >= 11 is 3.92. The zero-order valence-electron chi connectivity index (χ0n) is 27.4. The van der Waals surface area contributed by atoms with Gasteiger partial charge < -0.3 is 8.83 Å². The Bertz CT molecular complexity index is 2470. The topological polar surface area (TPSA) is 38.6 Å². The number of hydrogen-bond acceptors (Lipinski definition) is 5. The molecule has 3 aliphatic carbocycles. The molecule has 0 amide bonds. The molecule has 1 aliphatic heterocycles. The van der Waals surface area contributed by atoms with E-state index < -0.39 is 0 Å². The third kappa shape index (κ3) is 5.30. The van der Waals surface area contributed by atoms with Crippen LogP contribution in [0, 0.1) is 0 Å². The normalized spacial score (nSPS) is 21.3. The standard InChI is InChI=1S/C44H37NO2S2/c1-3-13-37-31(7-1)33-9-5-11-35(43(33)46-37)41-25-23-39(48-41)27-15-19-29(20-16-27)45-30-21-17-28(18-22-30)40-24-26-42(49-40)36-12-6-10-34-32-8-2-4-14-38(32)47-44(34)36/h1,3,5,7-9,11,13-17,19-20,23-24,26,36,41H,2,4,6,10,12,18,21-22,25H2. The van der Waals surface area contributed by atoms with Crippen LogP contribution in [0.1, 0.15) is 94.7 Å². The van der Waals surface area contributed by atoms with Gasteiger partial charge in [-0.05, 0) is 98.9 Å². The van der Waals surface area contributed by atoms with Gasteiger partial charge in [-0.15, -0.1) is 23.1 Å². The first kappa shape index (κ1) is 29.6. The number of thioether (sulfide) groups is 1. The molecule has 0 saturated heterocycles. The molecule has 10 rings (SSSR count). The molecule has 6 aromatic rings. The van der Waals surface area contributed by atoms with Gasteiger partial charge in [-0.25, -0.2) is 0 Å². The molecule has 4 heterocycles.